The molecule has 9 aromatic carbocycles. The molecule has 2 heterocycles. The number of aromatic nitrogens is 1. The van der Waals surface area contributed by atoms with Crippen LogP contribution in [0.2, 0.25) is 0 Å². The topological polar surface area (TPSA) is 12.9 Å². The molecule has 2 aromatic heterocycles. The van der Waals surface area contributed by atoms with Crippen molar-refractivity contribution >= 4 is 53.1 Å². The summed E-state index contributed by atoms with van der Waals surface area (Å²) in [7, 11) is 0. The third-order valence-electron chi connectivity index (χ3n) is 11.3. The molecule has 0 spiro atoms. The maximum absolute atomic E-state index is 5.21. The van der Waals surface area contributed by atoms with Gasteiger partial charge in [0.2, 0.25) is 0 Å². The Balaban J connectivity index is 1.05. The summed E-state index contributed by atoms with van der Waals surface area (Å²) < 4.78 is 2.66. The average Bonchev–Trinajstić information content (AvgIpc) is 3.68. The molecule has 0 N–H and O–H groups in total. The minimum Gasteiger partial charge on any atom is -0.248 e. The van der Waals surface area contributed by atoms with E-state index in [9.17, 15) is 0 Å². The molecule has 0 saturated heterocycles. The molecule has 0 fully saturated rings. The van der Waals surface area contributed by atoms with Gasteiger partial charge in [0.05, 0.1) is 11.4 Å². The first-order valence-corrected chi connectivity index (χ1v) is 20.3. The van der Waals surface area contributed by atoms with E-state index >= 15 is 0 Å². The van der Waals surface area contributed by atoms with E-state index in [2.05, 4.69) is 206 Å². The van der Waals surface area contributed by atoms with Crippen LogP contribution in [0.1, 0.15) is 0 Å². The Labute approximate surface area is 335 Å². The minimum atomic E-state index is 0.948. The first kappa shape index (κ1) is 33.2. The summed E-state index contributed by atoms with van der Waals surface area (Å²) in [6.07, 6.45) is 0. The highest BCUT2D eigenvalue weighted by Crippen LogP contribution is 2.42. The van der Waals surface area contributed by atoms with Gasteiger partial charge in [-0.25, -0.2) is 4.98 Å². The highest BCUT2D eigenvalue weighted by atomic mass is 32.1. The van der Waals surface area contributed by atoms with Gasteiger partial charge in [-0.1, -0.05) is 164 Å². The second kappa shape index (κ2) is 13.9. The summed E-state index contributed by atoms with van der Waals surface area (Å²) in [5.41, 5.74) is 13.7. The number of pyridine rings is 1. The average molecular weight is 742 g/mol. The summed E-state index contributed by atoms with van der Waals surface area (Å²) in [6.45, 7) is 0. The first-order valence-electron chi connectivity index (χ1n) is 19.4. The number of nitrogens with zero attached hydrogens (tertiary/aromatic N) is 1. The van der Waals surface area contributed by atoms with Crippen LogP contribution < -0.4 is 0 Å². The molecule has 0 aliphatic rings. The largest absolute Gasteiger partial charge is 0.248 e. The van der Waals surface area contributed by atoms with E-state index in [1.54, 1.807) is 0 Å². The van der Waals surface area contributed by atoms with Crippen LogP contribution in [0.5, 0.6) is 0 Å². The van der Waals surface area contributed by atoms with E-state index in [1.807, 2.05) is 17.4 Å². The maximum Gasteiger partial charge on any atom is 0.0709 e. The second-order valence-electron chi connectivity index (χ2n) is 14.7. The van der Waals surface area contributed by atoms with Crippen LogP contribution in [0.25, 0.3) is 109 Å². The van der Waals surface area contributed by atoms with Gasteiger partial charge in [0.25, 0.3) is 0 Å². The zero-order valence-corrected chi connectivity index (χ0v) is 31.9. The van der Waals surface area contributed by atoms with Gasteiger partial charge >= 0.3 is 0 Å². The molecule has 0 amide bonds. The second-order valence-corrected chi connectivity index (χ2v) is 15.8. The molecule has 0 unspecified atom stereocenters. The Kier molecular flexibility index (Phi) is 8.08. The summed E-state index contributed by atoms with van der Waals surface area (Å²) in [4.78, 5) is 5.21. The zero-order valence-electron chi connectivity index (χ0n) is 31.1. The van der Waals surface area contributed by atoms with Crippen LogP contribution in [0, 0.1) is 0 Å². The number of hydrogen-bond donors (Lipinski definition) is 0. The van der Waals surface area contributed by atoms with Crippen molar-refractivity contribution < 1.29 is 0 Å². The van der Waals surface area contributed by atoms with Crippen molar-refractivity contribution in [3.63, 3.8) is 0 Å². The van der Waals surface area contributed by atoms with Gasteiger partial charge in [-0.2, -0.15) is 0 Å². The molecule has 0 atom stereocenters. The van der Waals surface area contributed by atoms with Crippen molar-refractivity contribution in [1.82, 2.24) is 4.98 Å². The quantitative estimate of drug-likeness (QED) is 0.155. The van der Waals surface area contributed by atoms with Gasteiger partial charge in [0, 0.05) is 31.3 Å². The molecule has 2 heteroatoms. The van der Waals surface area contributed by atoms with E-state index in [-0.39, 0.29) is 0 Å². The van der Waals surface area contributed by atoms with Gasteiger partial charge in [0.15, 0.2) is 0 Å². The first-order chi connectivity index (χ1) is 28.2. The molecule has 0 aliphatic carbocycles. The molecule has 0 saturated carbocycles. The predicted octanol–water partition coefficient (Wildman–Crippen LogP) is 15.8. The van der Waals surface area contributed by atoms with E-state index < -0.39 is 0 Å². The van der Waals surface area contributed by atoms with Crippen LogP contribution in [0.3, 0.4) is 0 Å². The molecule has 57 heavy (non-hydrogen) atoms. The molecule has 11 aromatic rings. The lowest BCUT2D eigenvalue weighted by Crippen LogP contribution is -1.91. The van der Waals surface area contributed by atoms with Gasteiger partial charge in [-0.15, -0.1) is 11.3 Å². The molecule has 266 valence electrons. The summed E-state index contributed by atoms with van der Waals surface area (Å²) >= 11 is 1.88. The van der Waals surface area contributed by atoms with Crippen molar-refractivity contribution in [2.24, 2.45) is 0 Å². The SMILES string of the molecule is c1ccc(-c2cccc(-c3cc(-c4ccc(-c5cccc6c5sc5ccccc56)cc4)cc(-c4cccc(-c5cc6ccccc6c6ccccc56)c4)c3)n2)cc1. The number of thiophene rings is 1. The summed E-state index contributed by atoms with van der Waals surface area (Å²) in [6, 6.07) is 77.0. The fraction of sp³-hybridized carbons (Fsp3) is 0. The zero-order chi connectivity index (χ0) is 37.7. The molecular formula is C55H35NS. The standard InChI is InChI=1S/C55H35NS/c1-2-13-38(14-3-1)52-24-12-25-53(56-52)44-33-42(36-27-29-37(30-28-36)46-22-11-23-50-49-21-8-9-26-54(49)57-55(46)50)32-43(34-44)39-16-10-17-40(31-39)51-35-41-15-4-5-18-45(41)47-19-6-7-20-48(47)51/h1-35H. The summed E-state index contributed by atoms with van der Waals surface area (Å²) in [5.74, 6) is 0. The predicted molar refractivity (Wildman–Crippen MR) is 245 cm³/mol. The Morgan fingerprint density at radius 2 is 0.842 bits per heavy atom. The van der Waals surface area contributed by atoms with E-state index in [0.717, 1.165) is 33.6 Å². The Morgan fingerprint density at radius 1 is 0.281 bits per heavy atom. The Bertz CT molecular complexity index is 3280. The number of fused-ring (bicyclic) bond motifs is 6. The fourth-order valence-corrected chi connectivity index (χ4v) is 9.69. The highest BCUT2D eigenvalue weighted by molar-refractivity contribution is 7.26. The Morgan fingerprint density at radius 3 is 1.68 bits per heavy atom. The molecule has 0 bridgehead atoms. The van der Waals surface area contributed by atoms with Crippen LogP contribution in [-0.4, -0.2) is 4.98 Å². The third kappa shape index (κ3) is 5.99. The van der Waals surface area contributed by atoms with Gasteiger partial charge < -0.3 is 0 Å². The monoisotopic (exact) mass is 741 g/mol. The number of rotatable bonds is 6. The van der Waals surface area contributed by atoms with E-state index in [0.29, 0.717) is 0 Å². The van der Waals surface area contributed by atoms with Crippen LogP contribution in [0.4, 0.5) is 0 Å². The van der Waals surface area contributed by atoms with E-state index in [4.69, 9.17) is 4.98 Å². The van der Waals surface area contributed by atoms with Crippen molar-refractivity contribution in [3.05, 3.63) is 212 Å². The lowest BCUT2D eigenvalue weighted by Gasteiger charge is -2.14. The fourth-order valence-electron chi connectivity index (χ4n) is 8.45. The molecule has 1 nitrogen and oxygen atoms in total. The highest BCUT2D eigenvalue weighted by Gasteiger charge is 2.14. The van der Waals surface area contributed by atoms with Crippen LogP contribution in [0.15, 0.2) is 212 Å². The molecule has 0 aliphatic heterocycles. The van der Waals surface area contributed by atoms with Gasteiger partial charge in [0.1, 0.15) is 0 Å². The Hall–Kier alpha value is -7.13. The van der Waals surface area contributed by atoms with Crippen LogP contribution in [-0.2, 0) is 0 Å². The summed E-state index contributed by atoms with van der Waals surface area (Å²) in [5, 5.41) is 7.70. The smallest absolute Gasteiger partial charge is 0.0709 e. The maximum atomic E-state index is 5.21. The lowest BCUT2D eigenvalue weighted by molar-refractivity contribution is 1.32. The van der Waals surface area contributed by atoms with Crippen LogP contribution >= 0.6 is 11.3 Å². The minimum absolute atomic E-state index is 0.948. The number of hydrogen-bond acceptors (Lipinski definition) is 2. The van der Waals surface area contributed by atoms with Crippen molar-refractivity contribution in [2.45, 2.75) is 0 Å². The van der Waals surface area contributed by atoms with Crippen molar-refractivity contribution in [1.29, 1.82) is 0 Å². The van der Waals surface area contributed by atoms with Crippen molar-refractivity contribution in [2.75, 3.05) is 0 Å². The normalized spacial score (nSPS) is 11.5. The van der Waals surface area contributed by atoms with E-state index in [1.165, 1.54) is 75.1 Å². The third-order valence-corrected chi connectivity index (χ3v) is 12.5. The molecular weight excluding hydrogens is 707 g/mol. The molecule has 0 radical (unpaired) electrons. The molecule has 11 rings (SSSR count). The van der Waals surface area contributed by atoms with Gasteiger partial charge in [-0.05, 0) is 115 Å². The lowest BCUT2D eigenvalue weighted by atomic mass is 9.90. The van der Waals surface area contributed by atoms with Gasteiger partial charge in [-0.3, -0.25) is 0 Å². The van der Waals surface area contributed by atoms with Crippen molar-refractivity contribution in [3.8, 4) is 67.0 Å². The number of benzene rings is 9.